The van der Waals surface area contributed by atoms with Crippen molar-refractivity contribution in [1.29, 1.82) is 5.26 Å². The summed E-state index contributed by atoms with van der Waals surface area (Å²) in [6.45, 7) is -0.269. The molecule has 4 nitrogen and oxygen atoms in total. The minimum absolute atomic E-state index is 0.0105. The molecular formula is C8H5BrF3N3O. The monoisotopic (exact) mass is 295 g/mol. The molecule has 2 N–H and O–H groups in total. The third-order valence-electron chi connectivity index (χ3n) is 1.59. The topological polar surface area (TPSA) is 71.9 Å². The highest BCUT2D eigenvalue weighted by Gasteiger charge is 2.33. The molecule has 0 aliphatic heterocycles. The van der Waals surface area contributed by atoms with Gasteiger partial charge in [-0.1, -0.05) is 0 Å². The van der Waals surface area contributed by atoms with Gasteiger partial charge in [0.15, 0.2) is 0 Å². The molecule has 0 aromatic carbocycles. The zero-order valence-corrected chi connectivity index (χ0v) is 9.26. The van der Waals surface area contributed by atoms with Crippen LogP contribution in [0.25, 0.3) is 0 Å². The molecule has 1 rings (SSSR count). The van der Waals surface area contributed by atoms with Crippen molar-refractivity contribution < 1.29 is 17.9 Å². The number of halogens is 4. The van der Waals surface area contributed by atoms with E-state index in [0.717, 1.165) is 0 Å². The highest BCUT2D eigenvalue weighted by molar-refractivity contribution is 9.10. The maximum Gasteiger partial charge on any atom is 0.574 e. The average molecular weight is 296 g/mol. The second-order valence-corrected chi connectivity index (χ2v) is 3.45. The van der Waals surface area contributed by atoms with E-state index >= 15 is 0 Å². The fourth-order valence-corrected chi connectivity index (χ4v) is 1.40. The second kappa shape index (κ2) is 4.67. The molecule has 16 heavy (non-hydrogen) atoms. The molecule has 0 unspecified atom stereocenters. The Morgan fingerprint density at radius 3 is 2.62 bits per heavy atom. The quantitative estimate of drug-likeness (QED) is 0.848. The normalized spacial score (nSPS) is 11.0. The lowest BCUT2D eigenvalue weighted by atomic mass is 10.1. The number of ether oxygens (including phenoxy) is 1. The lowest BCUT2D eigenvalue weighted by Crippen LogP contribution is -2.20. The molecule has 0 radical (unpaired) electrons. The molecule has 1 aromatic rings. The van der Waals surface area contributed by atoms with Crippen molar-refractivity contribution in [1.82, 2.24) is 4.98 Å². The van der Waals surface area contributed by atoms with Gasteiger partial charge in [-0.05, 0) is 22.0 Å². The third kappa shape index (κ3) is 3.08. The summed E-state index contributed by atoms with van der Waals surface area (Å²) in [5, 5.41) is 8.71. The number of nitrogens with two attached hydrogens (primary N) is 1. The maximum absolute atomic E-state index is 12.0. The van der Waals surface area contributed by atoms with Gasteiger partial charge >= 0.3 is 6.36 Å². The Labute approximate surface area is 97.0 Å². The number of hydrogen-bond donors (Lipinski definition) is 1. The van der Waals surface area contributed by atoms with Crippen molar-refractivity contribution in [3.8, 4) is 11.9 Å². The summed E-state index contributed by atoms with van der Waals surface area (Å²) < 4.78 is 39.8. The highest BCUT2D eigenvalue weighted by atomic mass is 79.9. The number of pyridine rings is 1. The van der Waals surface area contributed by atoms with E-state index in [1.807, 2.05) is 0 Å². The van der Waals surface area contributed by atoms with Gasteiger partial charge in [0, 0.05) is 12.1 Å². The van der Waals surface area contributed by atoms with E-state index in [-0.39, 0.29) is 22.3 Å². The molecule has 0 spiro atoms. The number of hydrogen-bond acceptors (Lipinski definition) is 4. The molecule has 0 fully saturated rings. The van der Waals surface area contributed by atoms with Crippen LogP contribution in [-0.4, -0.2) is 11.3 Å². The van der Waals surface area contributed by atoms with Crippen LogP contribution < -0.4 is 10.5 Å². The summed E-state index contributed by atoms with van der Waals surface area (Å²) in [7, 11) is 0. The van der Waals surface area contributed by atoms with Gasteiger partial charge in [0.25, 0.3) is 0 Å². The summed E-state index contributed by atoms with van der Waals surface area (Å²) in [6.07, 6.45) is -4.87. The summed E-state index contributed by atoms with van der Waals surface area (Å²) in [5.74, 6) is -0.707. The van der Waals surface area contributed by atoms with Gasteiger partial charge in [-0.25, -0.2) is 4.98 Å². The van der Waals surface area contributed by atoms with E-state index in [1.165, 1.54) is 6.07 Å². The van der Waals surface area contributed by atoms with Gasteiger partial charge in [0.05, 0.1) is 11.6 Å². The fraction of sp³-hybridized carbons (Fsp3) is 0.250. The Hall–Kier alpha value is -1.33. The minimum Gasteiger partial charge on any atom is -0.387 e. The van der Waals surface area contributed by atoms with E-state index in [0.29, 0.717) is 0 Å². The summed E-state index contributed by atoms with van der Waals surface area (Å²) >= 11 is 2.87. The van der Waals surface area contributed by atoms with Crippen molar-refractivity contribution >= 4 is 15.9 Å². The van der Waals surface area contributed by atoms with Crippen LogP contribution in [0.4, 0.5) is 13.2 Å². The Morgan fingerprint density at radius 2 is 2.19 bits per heavy atom. The predicted octanol–water partition coefficient (Wildman–Crippen LogP) is 2.07. The maximum atomic E-state index is 12.0. The van der Waals surface area contributed by atoms with Crippen molar-refractivity contribution in [2.45, 2.75) is 12.9 Å². The Bertz CT molecular complexity index is 441. The summed E-state index contributed by atoms with van der Waals surface area (Å²) in [5.41, 5.74) is 5.15. The lowest BCUT2D eigenvalue weighted by molar-refractivity contribution is -0.276. The Balaban J connectivity index is 3.27. The smallest absolute Gasteiger partial charge is 0.387 e. The molecule has 0 atom stereocenters. The van der Waals surface area contributed by atoms with Gasteiger partial charge < -0.3 is 10.5 Å². The molecule has 0 bridgehead atoms. The molecule has 1 heterocycles. The zero-order valence-electron chi connectivity index (χ0n) is 7.68. The van der Waals surface area contributed by atoms with Crippen LogP contribution in [-0.2, 0) is 6.54 Å². The molecular weight excluding hydrogens is 291 g/mol. The number of rotatable bonds is 2. The molecule has 0 amide bonds. The standard InChI is InChI=1S/C8H5BrF3N3O/c9-6-1-4(2-13)5(3-14)7(15-6)16-8(10,11)12/h1H,3,14H2. The Morgan fingerprint density at radius 1 is 1.56 bits per heavy atom. The van der Waals surface area contributed by atoms with Gasteiger partial charge in [0.1, 0.15) is 4.60 Å². The first-order valence-corrected chi connectivity index (χ1v) is 4.72. The van der Waals surface area contributed by atoms with Crippen LogP contribution in [0, 0.1) is 11.3 Å². The molecule has 0 saturated carbocycles. The van der Waals surface area contributed by atoms with E-state index in [2.05, 4.69) is 25.7 Å². The summed E-state index contributed by atoms with van der Waals surface area (Å²) in [4.78, 5) is 3.48. The number of nitrogens with zero attached hydrogens (tertiary/aromatic N) is 2. The van der Waals surface area contributed by atoms with Crippen molar-refractivity contribution in [3.05, 3.63) is 21.8 Å². The van der Waals surface area contributed by atoms with E-state index < -0.39 is 12.2 Å². The fourth-order valence-electron chi connectivity index (χ4n) is 1.01. The molecule has 0 saturated heterocycles. The van der Waals surface area contributed by atoms with Gasteiger partial charge in [0.2, 0.25) is 5.88 Å². The van der Waals surface area contributed by atoms with Gasteiger partial charge in [-0.3, -0.25) is 0 Å². The number of alkyl halides is 3. The molecule has 1 aromatic heterocycles. The number of aromatic nitrogens is 1. The van der Waals surface area contributed by atoms with Crippen LogP contribution in [0.5, 0.6) is 5.88 Å². The molecule has 0 aliphatic rings. The van der Waals surface area contributed by atoms with Crippen LogP contribution >= 0.6 is 15.9 Å². The first-order valence-electron chi connectivity index (χ1n) is 3.92. The molecule has 0 aliphatic carbocycles. The first-order chi connectivity index (χ1) is 7.37. The highest BCUT2D eigenvalue weighted by Crippen LogP contribution is 2.28. The van der Waals surface area contributed by atoms with Crippen LogP contribution in [0.3, 0.4) is 0 Å². The van der Waals surface area contributed by atoms with E-state index in [1.54, 1.807) is 6.07 Å². The minimum atomic E-state index is -4.87. The van der Waals surface area contributed by atoms with Gasteiger partial charge in [-0.2, -0.15) is 5.26 Å². The lowest BCUT2D eigenvalue weighted by Gasteiger charge is -2.12. The Kier molecular flexibility index (Phi) is 3.72. The van der Waals surface area contributed by atoms with Crippen molar-refractivity contribution in [2.75, 3.05) is 0 Å². The van der Waals surface area contributed by atoms with Crippen LogP contribution in [0.15, 0.2) is 10.7 Å². The SMILES string of the molecule is N#Cc1cc(Br)nc(OC(F)(F)F)c1CN. The third-order valence-corrected chi connectivity index (χ3v) is 2.00. The van der Waals surface area contributed by atoms with E-state index in [4.69, 9.17) is 11.0 Å². The largest absolute Gasteiger partial charge is 0.574 e. The van der Waals surface area contributed by atoms with E-state index in [9.17, 15) is 13.2 Å². The van der Waals surface area contributed by atoms with Crippen molar-refractivity contribution in [2.24, 2.45) is 5.73 Å². The predicted molar refractivity (Wildman–Crippen MR) is 51.2 cm³/mol. The van der Waals surface area contributed by atoms with Crippen molar-refractivity contribution in [3.63, 3.8) is 0 Å². The van der Waals surface area contributed by atoms with Crippen LogP contribution in [0.1, 0.15) is 11.1 Å². The average Bonchev–Trinajstić information content (AvgIpc) is 2.14. The second-order valence-electron chi connectivity index (χ2n) is 2.64. The summed E-state index contributed by atoms with van der Waals surface area (Å²) in [6, 6.07) is 2.99. The van der Waals surface area contributed by atoms with Gasteiger partial charge in [-0.15, -0.1) is 13.2 Å². The zero-order chi connectivity index (χ0) is 12.3. The molecule has 8 heteroatoms. The number of nitriles is 1. The van der Waals surface area contributed by atoms with Crippen LogP contribution in [0.2, 0.25) is 0 Å². The molecule has 86 valence electrons. The first kappa shape index (κ1) is 12.7.